The number of amides is 4. The quantitative estimate of drug-likeness (QED) is 0.116. The third kappa shape index (κ3) is 14.2. The molecule has 0 saturated heterocycles. The molecule has 3 atom stereocenters. The summed E-state index contributed by atoms with van der Waals surface area (Å²) in [7, 11) is 0. The van der Waals surface area contributed by atoms with E-state index in [1.165, 1.54) is 0 Å². The average molecular weight is 485 g/mol. The average Bonchev–Trinajstić information content (AvgIpc) is 2.76. The molecule has 0 radical (unpaired) electrons. The molecule has 0 aliphatic heterocycles. The molecule has 0 aromatic heterocycles. The van der Waals surface area contributed by atoms with Crippen molar-refractivity contribution >= 4 is 23.6 Å². The molecule has 0 aliphatic rings. The number of hydrogen-bond donors (Lipinski definition) is 5. The van der Waals surface area contributed by atoms with Crippen LogP contribution in [0.5, 0.6) is 0 Å². The van der Waals surface area contributed by atoms with Crippen LogP contribution in [0.15, 0.2) is 0 Å². The first-order valence-corrected chi connectivity index (χ1v) is 12.9. The summed E-state index contributed by atoms with van der Waals surface area (Å²) < 4.78 is 0. The van der Waals surface area contributed by atoms with Crippen molar-refractivity contribution in [3.8, 4) is 0 Å². The molecule has 0 spiro atoms. The van der Waals surface area contributed by atoms with Crippen LogP contribution < -0.4 is 21.4 Å². The maximum absolute atomic E-state index is 13.1. The predicted octanol–water partition coefficient (Wildman–Crippen LogP) is 3.06. The van der Waals surface area contributed by atoms with E-state index >= 15 is 0 Å². The van der Waals surface area contributed by atoms with Crippen molar-refractivity contribution in [1.29, 1.82) is 0 Å². The minimum atomic E-state index is -0.823. The smallest absolute Gasteiger partial charge is 0.244 e. The van der Waals surface area contributed by atoms with Crippen LogP contribution >= 0.6 is 0 Å². The van der Waals surface area contributed by atoms with Crippen LogP contribution in [0.1, 0.15) is 99.3 Å². The van der Waals surface area contributed by atoms with E-state index in [0.29, 0.717) is 25.8 Å². The zero-order valence-electron chi connectivity index (χ0n) is 22.0. The van der Waals surface area contributed by atoms with E-state index in [1.807, 2.05) is 34.6 Å². The number of unbranched alkanes of at least 4 members (excludes halogenated alkanes) is 4. The van der Waals surface area contributed by atoms with Gasteiger partial charge in [-0.3, -0.25) is 24.4 Å². The first-order valence-electron chi connectivity index (χ1n) is 12.9. The fourth-order valence-corrected chi connectivity index (χ4v) is 3.85. The molecule has 1 unspecified atom stereocenters. The van der Waals surface area contributed by atoms with Crippen molar-refractivity contribution in [1.82, 2.24) is 21.4 Å². The molecule has 198 valence electrons. The molecule has 0 fully saturated rings. The van der Waals surface area contributed by atoms with Gasteiger partial charge in [0.2, 0.25) is 23.6 Å². The second-order valence-corrected chi connectivity index (χ2v) is 9.91. The molecule has 0 rings (SSSR count). The molecule has 0 aliphatic carbocycles. The third-order valence-electron chi connectivity index (χ3n) is 5.61. The zero-order valence-corrected chi connectivity index (χ0v) is 22.0. The molecule has 0 aromatic carbocycles. The van der Waals surface area contributed by atoms with Crippen molar-refractivity contribution < 1.29 is 24.4 Å². The zero-order chi connectivity index (χ0) is 26.1. The van der Waals surface area contributed by atoms with Gasteiger partial charge in [-0.05, 0) is 38.0 Å². The summed E-state index contributed by atoms with van der Waals surface area (Å²) in [6, 6.07) is -1.51. The van der Waals surface area contributed by atoms with E-state index in [1.54, 1.807) is 5.48 Å². The molecular weight excluding hydrogens is 436 g/mol. The molecule has 0 aromatic rings. The Morgan fingerprint density at radius 3 is 1.76 bits per heavy atom. The van der Waals surface area contributed by atoms with Crippen molar-refractivity contribution in [2.75, 3.05) is 6.54 Å². The van der Waals surface area contributed by atoms with Crippen LogP contribution in [0.3, 0.4) is 0 Å². The summed E-state index contributed by atoms with van der Waals surface area (Å²) in [6.45, 7) is 12.3. The van der Waals surface area contributed by atoms with E-state index in [0.717, 1.165) is 32.1 Å². The Hall–Kier alpha value is -2.16. The molecule has 4 amide bonds. The van der Waals surface area contributed by atoms with Crippen LogP contribution in [-0.2, 0) is 19.2 Å². The van der Waals surface area contributed by atoms with E-state index in [9.17, 15) is 19.2 Å². The maximum atomic E-state index is 13.1. The lowest BCUT2D eigenvalue weighted by Crippen LogP contribution is -2.55. The van der Waals surface area contributed by atoms with Crippen LogP contribution in [0.25, 0.3) is 0 Å². The van der Waals surface area contributed by atoms with Crippen molar-refractivity contribution in [3.63, 3.8) is 0 Å². The number of hydroxylamine groups is 1. The van der Waals surface area contributed by atoms with Crippen LogP contribution in [0.4, 0.5) is 0 Å². The number of nitrogens with one attached hydrogen (secondary N) is 4. The molecular formula is C25H48N4O5. The summed E-state index contributed by atoms with van der Waals surface area (Å²) >= 11 is 0. The molecule has 9 heteroatoms. The highest BCUT2D eigenvalue weighted by Crippen LogP contribution is 2.17. The van der Waals surface area contributed by atoms with Gasteiger partial charge in [0.15, 0.2) is 0 Å². The van der Waals surface area contributed by atoms with Crippen LogP contribution in [0.2, 0.25) is 0 Å². The molecule has 9 nitrogen and oxygen atoms in total. The lowest BCUT2D eigenvalue weighted by Gasteiger charge is -2.26. The molecule has 5 N–H and O–H groups in total. The normalized spacial score (nSPS) is 13.8. The number of likely N-dealkylation sites (N-methyl/N-ethyl adjacent to an activating group) is 1. The van der Waals surface area contributed by atoms with Crippen molar-refractivity contribution in [2.45, 2.75) is 111 Å². The number of rotatable bonds is 18. The molecule has 34 heavy (non-hydrogen) atoms. The largest absolute Gasteiger partial charge is 0.355 e. The number of carbonyl (C=O) groups is 4. The first kappa shape index (κ1) is 31.8. The summed E-state index contributed by atoms with van der Waals surface area (Å²) in [5.41, 5.74) is 1.60. The Balaban J connectivity index is 5.40. The topological polar surface area (TPSA) is 137 Å². The first-order chi connectivity index (χ1) is 16.0. The minimum absolute atomic E-state index is 0.123. The summed E-state index contributed by atoms with van der Waals surface area (Å²) in [5.74, 6) is -2.01. The van der Waals surface area contributed by atoms with E-state index < -0.39 is 35.7 Å². The second-order valence-electron chi connectivity index (χ2n) is 9.91. The van der Waals surface area contributed by atoms with Gasteiger partial charge in [-0.2, -0.15) is 0 Å². The predicted molar refractivity (Wildman–Crippen MR) is 133 cm³/mol. The molecule has 0 bridgehead atoms. The van der Waals surface area contributed by atoms with Gasteiger partial charge in [-0.1, -0.05) is 66.7 Å². The highest BCUT2D eigenvalue weighted by Gasteiger charge is 2.30. The number of hydrogen-bond acceptors (Lipinski definition) is 5. The summed E-state index contributed by atoms with van der Waals surface area (Å²) in [5, 5.41) is 17.3. The van der Waals surface area contributed by atoms with Gasteiger partial charge in [-0.15, -0.1) is 0 Å². The Morgan fingerprint density at radius 2 is 1.26 bits per heavy atom. The summed E-state index contributed by atoms with van der Waals surface area (Å²) in [4.78, 5) is 50.4. The third-order valence-corrected chi connectivity index (χ3v) is 5.61. The van der Waals surface area contributed by atoms with Crippen molar-refractivity contribution in [3.05, 3.63) is 0 Å². The molecule has 0 saturated carbocycles. The van der Waals surface area contributed by atoms with Crippen LogP contribution in [-0.4, -0.2) is 47.5 Å². The Kier molecular flexibility index (Phi) is 17.0. The SMILES string of the molecule is CCCCCCCC(CC(=O)NO)C(=O)N[C@@H](CC(C)C)C(=O)N[C@@H](CC(C)C)C(=O)NCC. The van der Waals surface area contributed by atoms with Gasteiger partial charge in [0.1, 0.15) is 12.1 Å². The highest BCUT2D eigenvalue weighted by molar-refractivity contribution is 5.93. The lowest BCUT2D eigenvalue weighted by molar-refractivity contribution is -0.137. The van der Waals surface area contributed by atoms with Crippen LogP contribution in [0, 0.1) is 17.8 Å². The Morgan fingerprint density at radius 1 is 0.735 bits per heavy atom. The van der Waals surface area contributed by atoms with E-state index in [2.05, 4.69) is 22.9 Å². The maximum Gasteiger partial charge on any atom is 0.244 e. The molecule has 0 heterocycles. The van der Waals surface area contributed by atoms with Gasteiger partial charge in [-0.25, -0.2) is 5.48 Å². The number of carbonyl (C=O) groups excluding carboxylic acids is 4. The van der Waals surface area contributed by atoms with Gasteiger partial charge in [0.25, 0.3) is 0 Å². The fourth-order valence-electron chi connectivity index (χ4n) is 3.85. The second kappa shape index (κ2) is 18.2. The standard InChI is InChI=1S/C25H48N4O5/c1-7-9-10-11-12-13-19(16-22(30)29-34)23(31)27-21(15-18(5)6)25(33)28-20(14-17(3)4)24(32)26-8-2/h17-21,34H,7-16H2,1-6H3,(H,26,32)(H,27,31)(H,28,33)(H,29,30)/t19?,20-,21-/m0/s1. The summed E-state index contributed by atoms with van der Waals surface area (Å²) in [6.07, 6.45) is 6.25. The Bertz CT molecular complexity index is 624. The fraction of sp³-hybridized carbons (Fsp3) is 0.840. The van der Waals surface area contributed by atoms with Gasteiger partial charge >= 0.3 is 0 Å². The highest BCUT2D eigenvalue weighted by atomic mass is 16.5. The van der Waals surface area contributed by atoms with Gasteiger partial charge < -0.3 is 16.0 Å². The van der Waals surface area contributed by atoms with Gasteiger partial charge in [0.05, 0.1) is 0 Å². The van der Waals surface area contributed by atoms with Crippen molar-refractivity contribution in [2.24, 2.45) is 17.8 Å². The minimum Gasteiger partial charge on any atom is -0.355 e. The lowest BCUT2D eigenvalue weighted by atomic mass is 9.94. The van der Waals surface area contributed by atoms with E-state index in [4.69, 9.17) is 5.21 Å². The van der Waals surface area contributed by atoms with E-state index in [-0.39, 0.29) is 24.2 Å². The Labute approximate surface area is 205 Å². The monoisotopic (exact) mass is 484 g/mol. The van der Waals surface area contributed by atoms with Gasteiger partial charge in [0, 0.05) is 18.9 Å².